The van der Waals surface area contributed by atoms with Crippen molar-refractivity contribution in [3.05, 3.63) is 57.8 Å². The molecule has 1 aromatic heterocycles. The Bertz CT molecular complexity index is 520. The van der Waals surface area contributed by atoms with E-state index in [1.54, 1.807) is 6.07 Å². The lowest BCUT2D eigenvalue weighted by Gasteiger charge is -2.05. The van der Waals surface area contributed by atoms with Gasteiger partial charge >= 0.3 is 0 Å². The molecular weight excluding hydrogens is 283 g/mol. The second-order valence-electron chi connectivity index (χ2n) is 4.12. The molecule has 0 fully saturated rings. The van der Waals surface area contributed by atoms with Gasteiger partial charge in [-0.05, 0) is 30.0 Å². The normalized spacial score (nSPS) is 10.6. The predicted molar refractivity (Wildman–Crippen MR) is 76.5 cm³/mol. The molecule has 0 spiro atoms. The van der Waals surface area contributed by atoms with Gasteiger partial charge in [-0.3, -0.25) is 0 Å². The standard InChI is InChI=1S/C14H14Cl2N2O/c15-13-9-12(14(16)18-17-13)7-4-8-19-10-11-5-2-1-3-6-11/h1-3,5-6,9H,4,7-8,10H2. The molecule has 0 atom stereocenters. The Hall–Kier alpha value is -1.16. The van der Waals surface area contributed by atoms with Crippen molar-refractivity contribution in [2.24, 2.45) is 0 Å². The zero-order chi connectivity index (χ0) is 13.5. The summed E-state index contributed by atoms with van der Waals surface area (Å²) in [5.41, 5.74) is 2.08. The van der Waals surface area contributed by atoms with Gasteiger partial charge in [0.2, 0.25) is 0 Å². The van der Waals surface area contributed by atoms with E-state index >= 15 is 0 Å². The van der Waals surface area contributed by atoms with Crippen molar-refractivity contribution in [1.82, 2.24) is 10.2 Å². The maximum absolute atomic E-state index is 5.93. The minimum absolute atomic E-state index is 0.365. The fourth-order valence-electron chi connectivity index (χ4n) is 1.69. The Morgan fingerprint density at radius 2 is 1.84 bits per heavy atom. The van der Waals surface area contributed by atoms with Gasteiger partial charge in [0.1, 0.15) is 0 Å². The first-order chi connectivity index (χ1) is 9.25. The van der Waals surface area contributed by atoms with Crippen molar-refractivity contribution in [1.29, 1.82) is 0 Å². The van der Waals surface area contributed by atoms with Crippen LogP contribution in [0.15, 0.2) is 36.4 Å². The van der Waals surface area contributed by atoms with Gasteiger partial charge in [0.15, 0.2) is 10.3 Å². The molecule has 0 aliphatic carbocycles. The molecule has 1 heterocycles. The molecule has 100 valence electrons. The van der Waals surface area contributed by atoms with Crippen molar-refractivity contribution < 1.29 is 4.74 Å². The lowest BCUT2D eigenvalue weighted by atomic mass is 10.2. The van der Waals surface area contributed by atoms with Crippen molar-refractivity contribution in [3.8, 4) is 0 Å². The van der Waals surface area contributed by atoms with Gasteiger partial charge < -0.3 is 4.74 Å². The summed E-state index contributed by atoms with van der Waals surface area (Å²) in [4.78, 5) is 0. The summed E-state index contributed by atoms with van der Waals surface area (Å²) in [5, 5.41) is 8.22. The average molecular weight is 297 g/mol. The number of halogens is 2. The van der Waals surface area contributed by atoms with Gasteiger partial charge in [-0.25, -0.2) is 0 Å². The van der Waals surface area contributed by atoms with Crippen LogP contribution in [0.3, 0.4) is 0 Å². The lowest BCUT2D eigenvalue weighted by molar-refractivity contribution is 0.118. The summed E-state index contributed by atoms with van der Waals surface area (Å²) in [7, 11) is 0. The summed E-state index contributed by atoms with van der Waals surface area (Å²) < 4.78 is 5.60. The second kappa shape index (κ2) is 7.43. The number of aryl methyl sites for hydroxylation is 1. The average Bonchev–Trinajstić information content (AvgIpc) is 2.43. The number of benzene rings is 1. The van der Waals surface area contributed by atoms with Crippen LogP contribution in [0.4, 0.5) is 0 Å². The monoisotopic (exact) mass is 296 g/mol. The van der Waals surface area contributed by atoms with Gasteiger partial charge in [-0.2, -0.15) is 0 Å². The lowest BCUT2D eigenvalue weighted by Crippen LogP contribution is -1.99. The van der Waals surface area contributed by atoms with Crippen LogP contribution in [0.25, 0.3) is 0 Å². The van der Waals surface area contributed by atoms with Gasteiger partial charge in [0, 0.05) is 6.61 Å². The van der Waals surface area contributed by atoms with Gasteiger partial charge in [-0.15, -0.1) is 10.2 Å². The molecule has 0 N–H and O–H groups in total. The summed E-state index contributed by atoms with van der Waals surface area (Å²) in [6.45, 7) is 1.30. The quantitative estimate of drug-likeness (QED) is 0.758. The molecule has 0 unspecified atom stereocenters. The first-order valence-electron chi connectivity index (χ1n) is 6.05. The molecule has 0 radical (unpaired) electrons. The van der Waals surface area contributed by atoms with E-state index in [2.05, 4.69) is 10.2 Å². The largest absolute Gasteiger partial charge is 0.377 e. The SMILES string of the molecule is Clc1cc(CCCOCc2ccccc2)c(Cl)nn1. The number of hydrogen-bond donors (Lipinski definition) is 0. The topological polar surface area (TPSA) is 35.0 Å². The summed E-state index contributed by atoms with van der Waals surface area (Å²) >= 11 is 11.7. The van der Waals surface area contributed by atoms with E-state index in [0.29, 0.717) is 23.5 Å². The van der Waals surface area contributed by atoms with Crippen LogP contribution in [-0.4, -0.2) is 16.8 Å². The number of hydrogen-bond acceptors (Lipinski definition) is 3. The molecule has 0 bridgehead atoms. The van der Waals surface area contributed by atoms with Crippen molar-refractivity contribution in [3.63, 3.8) is 0 Å². The van der Waals surface area contributed by atoms with E-state index in [1.807, 2.05) is 30.3 Å². The van der Waals surface area contributed by atoms with Crippen LogP contribution in [-0.2, 0) is 17.8 Å². The van der Waals surface area contributed by atoms with Crippen LogP contribution in [0.5, 0.6) is 0 Å². The third-order valence-electron chi connectivity index (χ3n) is 2.64. The van der Waals surface area contributed by atoms with E-state index in [4.69, 9.17) is 27.9 Å². The molecule has 0 saturated heterocycles. The van der Waals surface area contributed by atoms with Gasteiger partial charge in [-0.1, -0.05) is 53.5 Å². The van der Waals surface area contributed by atoms with Gasteiger partial charge in [0.25, 0.3) is 0 Å². The first kappa shape index (κ1) is 14.3. The maximum Gasteiger partial charge on any atom is 0.155 e. The second-order valence-corrected chi connectivity index (χ2v) is 4.87. The van der Waals surface area contributed by atoms with Crippen LogP contribution in [0.2, 0.25) is 10.3 Å². The summed E-state index contributed by atoms with van der Waals surface area (Å²) in [6.07, 6.45) is 1.65. The highest BCUT2D eigenvalue weighted by Gasteiger charge is 2.04. The molecule has 2 aromatic rings. The van der Waals surface area contributed by atoms with Crippen molar-refractivity contribution in [2.75, 3.05) is 6.61 Å². The Kier molecular flexibility index (Phi) is 5.58. The Labute approximate surface area is 122 Å². The predicted octanol–water partition coefficient (Wildman–Crippen LogP) is 3.93. The summed E-state index contributed by atoms with van der Waals surface area (Å²) in [6, 6.07) is 11.8. The highest BCUT2D eigenvalue weighted by molar-refractivity contribution is 6.31. The molecular formula is C14H14Cl2N2O. The van der Waals surface area contributed by atoms with E-state index in [1.165, 1.54) is 5.56 Å². The molecule has 5 heteroatoms. The molecule has 0 aliphatic heterocycles. The van der Waals surface area contributed by atoms with Crippen LogP contribution in [0.1, 0.15) is 17.5 Å². The third-order valence-corrected chi connectivity index (χ3v) is 3.14. The van der Waals surface area contributed by atoms with E-state index < -0.39 is 0 Å². The molecule has 0 amide bonds. The maximum atomic E-state index is 5.93. The Balaban J connectivity index is 1.71. The van der Waals surface area contributed by atoms with Crippen LogP contribution in [0, 0.1) is 0 Å². The molecule has 3 nitrogen and oxygen atoms in total. The van der Waals surface area contributed by atoms with Crippen molar-refractivity contribution in [2.45, 2.75) is 19.4 Å². The zero-order valence-electron chi connectivity index (χ0n) is 10.4. The molecule has 0 aliphatic rings. The Morgan fingerprint density at radius 1 is 1.05 bits per heavy atom. The number of aromatic nitrogens is 2. The number of ether oxygens (including phenoxy) is 1. The smallest absolute Gasteiger partial charge is 0.155 e. The molecule has 1 aromatic carbocycles. The zero-order valence-corrected chi connectivity index (χ0v) is 11.9. The molecule has 19 heavy (non-hydrogen) atoms. The number of rotatable bonds is 6. The first-order valence-corrected chi connectivity index (χ1v) is 6.80. The Morgan fingerprint density at radius 3 is 2.63 bits per heavy atom. The molecule has 0 saturated carbocycles. The van der Waals surface area contributed by atoms with Crippen molar-refractivity contribution >= 4 is 23.2 Å². The van der Waals surface area contributed by atoms with E-state index in [9.17, 15) is 0 Å². The fraction of sp³-hybridized carbons (Fsp3) is 0.286. The highest BCUT2D eigenvalue weighted by Crippen LogP contribution is 2.17. The fourth-order valence-corrected chi connectivity index (χ4v) is 2.05. The highest BCUT2D eigenvalue weighted by atomic mass is 35.5. The minimum Gasteiger partial charge on any atom is -0.377 e. The van der Waals surface area contributed by atoms with E-state index in [-0.39, 0.29) is 0 Å². The van der Waals surface area contributed by atoms with Gasteiger partial charge in [0.05, 0.1) is 6.61 Å². The minimum atomic E-state index is 0.365. The van der Waals surface area contributed by atoms with E-state index in [0.717, 1.165) is 18.4 Å². The number of nitrogens with zero attached hydrogens (tertiary/aromatic N) is 2. The summed E-state index contributed by atoms with van der Waals surface area (Å²) in [5.74, 6) is 0. The van der Waals surface area contributed by atoms with Crippen LogP contribution < -0.4 is 0 Å². The molecule has 2 rings (SSSR count). The van der Waals surface area contributed by atoms with Crippen LogP contribution >= 0.6 is 23.2 Å². The third kappa shape index (κ3) is 4.78.